The SMILES string of the molecule is O=C(O)c1occc1COCC1CCCC1. The van der Waals surface area contributed by atoms with Crippen molar-refractivity contribution in [3.05, 3.63) is 23.7 Å². The minimum absolute atomic E-state index is 0.00794. The van der Waals surface area contributed by atoms with E-state index in [4.69, 9.17) is 14.3 Å². The smallest absolute Gasteiger partial charge is 0.372 e. The highest BCUT2D eigenvalue weighted by Crippen LogP contribution is 2.25. The molecule has 0 radical (unpaired) electrons. The van der Waals surface area contributed by atoms with Gasteiger partial charge in [-0.3, -0.25) is 0 Å². The third-order valence-corrected chi connectivity index (χ3v) is 3.03. The molecular formula is C12H16O4. The number of carboxylic acids is 1. The van der Waals surface area contributed by atoms with Crippen molar-refractivity contribution in [2.24, 2.45) is 5.92 Å². The fraction of sp³-hybridized carbons (Fsp3) is 0.583. The minimum Gasteiger partial charge on any atom is -0.475 e. The highest BCUT2D eigenvalue weighted by Gasteiger charge is 2.17. The Hall–Kier alpha value is -1.29. The molecule has 0 amide bonds. The van der Waals surface area contributed by atoms with Crippen LogP contribution in [0.3, 0.4) is 0 Å². The molecule has 0 aliphatic heterocycles. The second-order valence-corrected chi connectivity index (χ2v) is 4.25. The van der Waals surface area contributed by atoms with Gasteiger partial charge in [0.25, 0.3) is 0 Å². The first-order valence-corrected chi connectivity index (χ1v) is 5.65. The molecule has 2 rings (SSSR count). The first-order chi connectivity index (χ1) is 7.77. The van der Waals surface area contributed by atoms with Crippen LogP contribution in [0.15, 0.2) is 16.7 Å². The first kappa shape index (κ1) is 11.2. The molecule has 1 aromatic heterocycles. The van der Waals surface area contributed by atoms with Gasteiger partial charge in [0.15, 0.2) is 0 Å². The van der Waals surface area contributed by atoms with Crippen molar-refractivity contribution >= 4 is 5.97 Å². The Bertz CT molecular complexity index is 350. The van der Waals surface area contributed by atoms with Crippen molar-refractivity contribution in [3.63, 3.8) is 0 Å². The highest BCUT2D eigenvalue weighted by atomic mass is 16.5. The van der Waals surface area contributed by atoms with E-state index in [1.54, 1.807) is 6.07 Å². The zero-order chi connectivity index (χ0) is 11.4. The molecule has 0 spiro atoms. The molecule has 1 N–H and O–H groups in total. The zero-order valence-corrected chi connectivity index (χ0v) is 9.15. The second-order valence-electron chi connectivity index (χ2n) is 4.25. The van der Waals surface area contributed by atoms with Gasteiger partial charge in [-0.05, 0) is 24.8 Å². The quantitative estimate of drug-likeness (QED) is 0.835. The first-order valence-electron chi connectivity index (χ1n) is 5.65. The van der Waals surface area contributed by atoms with Gasteiger partial charge >= 0.3 is 5.97 Å². The Balaban J connectivity index is 1.80. The molecule has 0 unspecified atom stereocenters. The maximum Gasteiger partial charge on any atom is 0.372 e. The van der Waals surface area contributed by atoms with Gasteiger partial charge in [-0.1, -0.05) is 12.8 Å². The maximum absolute atomic E-state index is 10.8. The maximum atomic E-state index is 10.8. The van der Waals surface area contributed by atoms with Gasteiger partial charge in [0.2, 0.25) is 5.76 Å². The number of rotatable bonds is 5. The van der Waals surface area contributed by atoms with E-state index in [1.165, 1.54) is 31.9 Å². The van der Waals surface area contributed by atoms with E-state index in [0.717, 1.165) is 6.61 Å². The van der Waals surface area contributed by atoms with Crippen LogP contribution in [0.2, 0.25) is 0 Å². The summed E-state index contributed by atoms with van der Waals surface area (Å²) in [6.45, 7) is 1.05. The number of furan rings is 1. The Kier molecular flexibility index (Phi) is 3.62. The predicted molar refractivity (Wildman–Crippen MR) is 57.3 cm³/mol. The number of carbonyl (C=O) groups is 1. The Labute approximate surface area is 94.2 Å². The molecule has 1 fully saturated rings. The fourth-order valence-electron chi connectivity index (χ4n) is 2.15. The average Bonchev–Trinajstić information content (AvgIpc) is 2.87. The van der Waals surface area contributed by atoms with Gasteiger partial charge in [0.05, 0.1) is 12.9 Å². The summed E-state index contributed by atoms with van der Waals surface area (Å²) in [6.07, 6.45) is 6.44. The molecule has 0 saturated heterocycles. The number of ether oxygens (including phenoxy) is 1. The molecule has 0 aromatic carbocycles. The zero-order valence-electron chi connectivity index (χ0n) is 9.15. The van der Waals surface area contributed by atoms with Gasteiger partial charge in [-0.15, -0.1) is 0 Å². The van der Waals surface area contributed by atoms with E-state index < -0.39 is 5.97 Å². The second kappa shape index (κ2) is 5.16. The van der Waals surface area contributed by atoms with Crippen LogP contribution in [-0.4, -0.2) is 17.7 Å². The Morgan fingerprint density at radius 3 is 2.94 bits per heavy atom. The normalized spacial score (nSPS) is 16.8. The van der Waals surface area contributed by atoms with Crippen LogP contribution in [0.25, 0.3) is 0 Å². The summed E-state index contributed by atoms with van der Waals surface area (Å²) in [5.74, 6) is -0.393. The number of hydrogen-bond donors (Lipinski definition) is 1. The molecule has 4 heteroatoms. The van der Waals surface area contributed by atoms with Crippen LogP contribution in [0.5, 0.6) is 0 Å². The number of aromatic carboxylic acids is 1. The van der Waals surface area contributed by atoms with Crippen LogP contribution in [0.1, 0.15) is 41.8 Å². The van der Waals surface area contributed by atoms with Crippen LogP contribution in [0, 0.1) is 5.92 Å². The van der Waals surface area contributed by atoms with E-state index >= 15 is 0 Å². The molecule has 1 aromatic rings. The van der Waals surface area contributed by atoms with E-state index in [9.17, 15) is 4.79 Å². The average molecular weight is 224 g/mol. The largest absolute Gasteiger partial charge is 0.475 e. The lowest BCUT2D eigenvalue weighted by Crippen LogP contribution is -2.07. The summed E-state index contributed by atoms with van der Waals surface area (Å²) in [6, 6.07) is 1.65. The van der Waals surface area contributed by atoms with E-state index in [-0.39, 0.29) is 5.76 Å². The van der Waals surface area contributed by atoms with Crippen molar-refractivity contribution in [3.8, 4) is 0 Å². The van der Waals surface area contributed by atoms with E-state index in [1.807, 2.05) is 0 Å². The summed E-state index contributed by atoms with van der Waals surface area (Å²) in [7, 11) is 0. The van der Waals surface area contributed by atoms with Crippen molar-refractivity contribution in [1.29, 1.82) is 0 Å². The van der Waals surface area contributed by atoms with E-state index in [2.05, 4.69) is 0 Å². The third kappa shape index (κ3) is 2.64. The minimum atomic E-state index is -1.04. The summed E-state index contributed by atoms with van der Waals surface area (Å²) in [4.78, 5) is 10.8. The molecule has 1 aliphatic carbocycles. The topological polar surface area (TPSA) is 59.7 Å². The van der Waals surface area contributed by atoms with E-state index in [0.29, 0.717) is 18.1 Å². The lowest BCUT2D eigenvalue weighted by molar-refractivity contribution is 0.0639. The number of carboxylic acid groups (broad SMARTS) is 1. The van der Waals surface area contributed by atoms with Gasteiger partial charge < -0.3 is 14.3 Å². The monoisotopic (exact) mass is 224 g/mol. The van der Waals surface area contributed by atoms with Crippen molar-refractivity contribution in [2.45, 2.75) is 32.3 Å². The molecule has 0 atom stereocenters. The molecule has 1 saturated carbocycles. The van der Waals surface area contributed by atoms with Crippen LogP contribution in [-0.2, 0) is 11.3 Å². The summed E-state index contributed by atoms with van der Waals surface area (Å²) in [5.41, 5.74) is 0.616. The lowest BCUT2D eigenvalue weighted by atomic mass is 10.1. The summed E-state index contributed by atoms with van der Waals surface area (Å²) in [5, 5.41) is 8.82. The third-order valence-electron chi connectivity index (χ3n) is 3.03. The standard InChI is InChI=1S/C12H16O4/c13-12(14)11-10(5-6-16-11)8-15-7-9-3-1-2-4-9/h5-6,9H,1-4,7-8H2,(H,13,14). The fourth-order valence-corrected chi connectivity index (χ4v) is 2.15. The lowest BCUT2D eigenvalue weighted by Gasteiger charge is -2.08. The van der Waals surface area contributed by atoms with Gasteiger partial charge in [0, 0.05) is 12.2 Å². The van der Waals surface area contributed by atoms with Crippen molar-refractivity contribution in [2.75, 3.05) is 6.61 Å². The Morgan fingerprint density at radius 1 is 1.50 bits per heavy atom. The summed E-state index contributed by atoms with van der Waals surface area (Å²) < 4.78 is 10.4. The molecule has 88 valence electrons. The molecule has 0 bridgehead atoms. The summed E-state index contributed by atoms with van der Waals surface area (Å²) >= 11 is 0. The molecular weight excluding hydrogens is 208 g/mol. The van der Waals surface area contributed by atoms with Gasteiger partial charge in [-0.2, -0.15) is 0 Å². The van der Waals surface area contributed by atoms with Gasteiger partial charge in [-0.25, -0.2) is 4.79 Å². The van der Waals surface area contributed by atoms with Crippen molar-refractivity contribution < 1.29 is 19.1 Å². The predicted octanol–water partition coefficient (Wildman–Crippen LogP) is 2.68. The molecule has 4 nitrogen and oxygen atoms in total. The van der Waals surface area contributed by atoms with Crippen LogP contribution >= 0.6 is 0 Å². The number of hydrogen-bond acceptors (Lipinski definition) is 3. The molecule has 16 heavy (non-hydrogen) atoms. The molecule has 1 aliphatic rings. The van der Waals surface area contributed by atoms with Crippen molar-refractivity contribution in [1.82, 2.24) is 0 Å². The Morgan fingerprint density at radius 2 is 2.25 bits per heavy atom. The van der Waals surface area contributed by atoms with Crippen LogP contribution in [0.4, 0.5) is 0 Å². The highest BCUT2D eigenvalue weighted by molar-refractivity contribution is 5.85. The van der Waals surface area contributed by atoms with Crippen LogP contribution < -0.4 is 0 Å². The van der Waals surface area contributed by atoms with Gasteiger partial charge in [0.1, 0.15) is 0 Å². The molecule has 1 heterocycles.